The zero-order valence-electron chi connectivity index (χ0n) is 13.6. The van der Waals surface area contributed by atoms with Gasteiger partial charge in [0.25, 0.3) is 5.91 Å². The molecule has 0 fully saturated rings. The van der Waals surface area contributed by atoms with Gasteiger partial charge < -0.3 is 5.32 Å². The highest BCUT2D eigenvalue weighted by atomic mass is 32.1. The summed E-state index contributed by atoms with van der Waals surface area (Å²) >= 11 is 1.71. The van der Waals surface area contributed by atoms with Crippen molar-refractivity contribution in [1.29, 1.82) is 0 Å². The number of carbonyl (C=O) groups excluding carboxylic acids is 1. The van der Waals surface area contributed by atoms with Gasteiger partial charge in [0.15, 0.2) is 0 Å². The number of imidazole rings is 1. The van der Waals surface area contributed by atoms with Crippen LogP contribution >= 0.6 is 11.3 Å². The van der Waals surface area contributed by atoms with Gasteiger partial charge in [0.05, 0.1) is 11.0 Å². The molecule has 0 bridgehead atoms. The second-order valence-electron chi connectivity index (χ2n) is 5.74. The van der Waals surface area contributed by atoms with Gasteiger partial charge in [0, 0.05) is 22.7 Å². The first-order chi connectivity index (χ1) is 12.3. The number of amides is 1. The van der Waals surface area contributed by atoms with E-state index in [1.54, 1.807) is 17.7 Å². The van der Waals surface area contributed by atoms with Crippen LogP contribution in [0.25, 0.3) is 16.7 Å². The minimum Gasteiger partial charge on any atom is -0.352 e. The third-order valence-electron chi connectivity index (χ3n) is 4.08. The lowest BCUT2D eigenvalue weighted by molar-refractivity contribution is 0.0954. The first-order valence-electron chi connectivity index (χ1n) is 8.14. The topological polar surface area (TPSA) is 46.9 Å². The van der Waals surface area contributed by atoms with Gasteiger partial charge in [-0.2, -0.15) is 0 Å². The molecule has 0 atom stereocenters. The maximum Gasteiger partial charge on any atom is 0.251 e. The number of aromatic nitrogens is 2. The summed E-state index contributed by atoms with van der Waals surface area (Å²) in [5.74, 6) is -0.0623. The minimum absolute atomic E-state index is 0.0623. The van der Waals surface area contributed by atoms with Crippen LogP contribution in [-0.2, 0) is 6.42 Å². The molecule has 5 heteroatoms. The van der Waals surface area contributed by atoms with E-state index in [1.165, 1.54) is 4.88 Å². The Morgan fingerprint density at radius 1 is 1.08 bits per heavy atom. The fraction of sp³-hybridized carbons (Fsp3) is 0.100. The maximum atomic E-state index is 12.4. The second kappa shape index (κ2) is 6.91. The highest BCUT2D eigenvalue weighted by molar-refractivity contribution is 7.09. The van der Waals surface area contributed by atoms with E-state index in [0.29, 0.717) is 12.1 Å². The van der Waals surface area contributed by atoms with Crippen molar-refractivity contribution < 1.29 is 4.79 Å². The summed E-state index contributed by atoms with van der Waals surface area (Å²) in [6, 6.07) is 19.8. The summed E-state index contributed by atoms with van der Waals surface area (Å²) in [6.45, 7) is 0.635. The summed E-state index contributed by atoms with van der Waals surface area (Å²) in [6.07, 6.45) is 2.65. The minimum atomic E-state index is -0.0623. The Kier molecular flexibility index (Phi) is 4.31. The second-order valence-corrected chi connectivity index (χ2v) is 6.77. The van der Waals surface area contributed by atoms with Crippen molar-refractivity contribution in [2.24, 2.45) is 0 Å². The molecular formula is C20H17N3OS. The Labute approximate surface area is 149 Å². The van der Waals surface area contributed by atoms with Gasteiger partial charge in [-0.1, -0.05) is 24.3 Å². The molecule has 124 valence electrons. The van der Waals surface area contributed by atoms with E-state index in [2.05, 4.69) is 16.4 Å². The number of hydrogen-bond acceptors (Lipinski definition) is 3. The average molecular weight is 347 g/mol. The highest BCUT2D eigenvalue weighted by Crippen LogP contribution is 2.19. The Balaban J connectivity index is 1.50. The summed E-state index contributed by atoms with van der Waals surface area (Å²) in [5, 5.41) is 5.02. The normalized spacial score (nSPS) is 10.9. The first-order valence-corrected chi connectivity index (χ1v) is 9.02. The van der Waals surface area contributed by atoms with Crippen LogP contribution in [0.2, 0.25) is 0 Å². The standard InChI is InChI=1S/C20H17N3OS/c24-20(21-11-10-17-7-4-12-25-17)15-8-9-19-18(13-15)22-14-23(19)16-5-2-1-3-6-16/h1-9,12-14H,10-11H2,(H,21,24). The number of fused-ring (bicyclic) bond motifs is 1. The van der Waals surface area contributed by atoms with E-state index >= 15 is 0 Å². The molecule has 1 N–H and O–H groups in total. The van der Waals surface area contributed by atoms with Crippen LogP contribution in [0.3, 0.4) is 0 Å². The fourth-order valence-corrected chi connectivity index (χ4v) is 3.51. The lowest BCUT2D eigenvalue weighted by atomic mass is 10.2. The van der Waals surface area contributed by atoms with Crippen LogP contribution < -0.4 is 5.32 Å². The number of carbonyl (C=O) groups is 1. The van der Waals surface area contributed by atoms with E-state index < -0.39 is 0 Å². The molecule has 0 saturated heterocycles. The van der Waals surface area contributed by atoms with Crippen molar-refractivity contribution in [3.8, 4) is 5.69 Å². The van der Waals surface area contributed by atoms with E-state index in [4.69, 9.17) is 0 Å². The van der Waals surface area contributed by atoms with Crippen molar-refractivity contribution in [2.75, 3.05) is 6.54 Å². The number of rotatable bonds is 5. The van der Waals surface area contributed by atoms with E-state index in [1.807, 2.05) is 64.5 Å². The van der Waals surface area contributed by atoms with Crippen LogP contribution in [0.5, 0.6) is 0 Å². The Hall–Kier alpha value is -2.92. The summed E-state index contributed by atoms with van der Waals surface area (Å²) in [7, 11) is 0. The molecule has 4 nitrogen and oxygen atoms in total. The van der Waals surface area contributed by atoms with Crippen LogP contribution in [0, 0.1) is 0 Å². The zero-order valence-corrected chi connectivity index (χ0v) is 14.4. The predicted molar refractivity (Wildman–Crippen MR) is 101 cm³/mol. The summed E-state index contributed by atoms with van der Waals surface area (Å²) < 4.78 is 2.02. The van der Waals surface area contributed by atoms with Crippen LogP contribution in [0.1, 0.15) is 15.2 Å². The molecule has 0 radical (unpaired) electrons. The van der Waals surface area contributed by atoms with Crippen molar-refractivity contribution >= 4 is 28.3 Å². The van der Waals surface area contributed by atoms with Gasteiger partial charge in [-0.25, -0.2) is 4.98 Å². The number of nitrogens with zero attached hydrogens (tertiary/aromatic N) is 2. The molecule has 0 aliphatic rings. The molecule has 2 aromatic heterocycles. The molecule has 2 heterocycles. The Bertz CT molecular complexity index is 990. The van der Waals surface area contributed by atoms with Crippen LogP contribution in [0.4, 0.5) is 0 Å². The van der Waals surface area contributed by atoms with Crippen molar-refractivity contribution in [3.05, 3.63) is 82.8 Å². The zero-order chi connectivity index (χ0) is 17.1. The Morgan fingerprint density at radius 3 is 2.76 bits per heavy atom. The average Bonchev–Trinajstić information content (AvgIpc) is 3.31. The number of benzene rings is 2. The van der Waals surface area contributed by atoms with Crippen molar-refractivity contribution in [2.45, 2.75) is 6.42 Å². The number of hydrogen-bond donors (Lipinski definition) is 1. The highest BCUT2D eigenvalue weighted by Gasteiger charge is 2.10. The molecular weight excluding hydrogens is 330 g/mol. The molecule has 1 amide bonds. The molecule has 0 saturated carbocycles. The lowest BCUT2D eigenvalue weighted by Gasteiger charge is -2.06. The van der Waals surface area contributed by atoms with Gasteiger partial charge in [-0.05, 0) is 48.2 Å². The monoisotopic (exact) mass is 347 g/mol. The SMILES string of the molecule is O=C(NCCc1cccs1)c1ccc2c(c1)ncn2-c1ccccc1. The maximum absolute atomic E-state index is 12.4. The van der Waals surface area contributed by atoms with Gasteiger partial charge >= 0.3 is 0 Å². The molecule has 0 spiro atoms. The molecule has 2 aromatic carbocycles. The largest absolute Gasteiger partial charge is 0.352 e. The third-order valence-corrected chi connectivity index (χ3v) is 5.02. The van der Waals surface area contributed by atoms with Crippen molar-refractivity contribution in [3.63, 3.8) is 0 Å². The summed E-state index contributed by atoms with van der Waals surface area (Å²) in [5.41, 5.74) is 3.49. The molecule has 0 aliphatic heterocycles. The van der Waals surface area contributed by atoms with E-state index in [-0.39, 0.29) is 5.91 Å². The molecule has 0 unspecified atom stereocenters. The quantitative estimate of drug-likeness (QED) is 0.592. The number of thiophene rings is 1. The Morgan fingerprint density at radius 2 is 1.96 bits per heavy atom. The first kappa shape index (κ1) is 15.6. The summed E-state index contributed by atoms with van der Waals surface area (Å²) in [4.78, 5) is 18.1. The molecule has 4 aromatic rings. The third kappa shape index (κ3) is 3.32. The van der Waals surface area contributed by atoms with Crippen LogP contribution in [-0.4, -0.2) is 22.0 Å². The van der Waals surface area contributed by atoms with Crippen LogP contribution in [0.15, 0.2) is 72.4 Å². The van der Waals surface area contributed by atoms with Crippen molar-refractivity contribution in [1.82, 2.24) is 14.9 Å². The van der Waals surface area contributed by atoms with E-state index in [0.717, 1.165) is 23.1 Å². The van der Waals surface area contributed by atoms with Gasteiger partial charge in [-0.3, -0.25) is 9.36 Å². The van der Waals surface area contributed by atoms with Gasteiger partial charge in [-0.15, -0.1) is 11.3 Å². The molecule has 25 heavy (non-hydrogen) atoms. The number of nitrogens with one attached hydrogen (secondary N) is 1. The van der Waals surface area contributed by atoms with Gasteiger partial charge in [0.2, 0.25) is 0 Å². The predicted octanol–water partition coefficient (Wildman–Crippen LogP) is 4.06. The number of para-hydroxylation sites is 1. The van der Waals surface area contributed by atoms with E-state index in [9.17, 15) is 4.79 Å². The fourth-order valence-electron chi connectivity index (χ4n) is 2.80. The van der Waals surface area contributed by atoms with Gasteiger partial charge in [0.1, 0.15) is 6.33 Å². The smallest absolute Gasteiger partial charge is 0.251 e. The molecule has 4 rings (SSSR count). The lowest BCUT2D eigenvalue weighted by Crippen LogP contribution is -2.25. The molecule has 0 aliphatic carbocycles.